The van der Waals surface area contributed by atoms with Gasteiger partial charge in [0.1, 0.15) is 17.1 Å². The summed E-state index contributed by atoms with van der Waals surface area (Å²) in [4.78, 5) is 24.3. The number of fused-ring (bicyclic) bond motifs is 1. The Kier molecular flexibility index (Phi) is 4.11. The third kappa shape index (κ3) is 2.82. The molecule has 1 atom stereocenters. The second-order valence-electron chi connectivity index (χ2n) is 6.13. The molecule has 27 heavy (non-hydrogen) atoms. The Labute approximate surface area is 154 Å². The summed E-state index contributed by atoms with van der Waals surface area (Å²) in [5.41, 5.74) is 2.59. The summed E-state index contributed by atoms with van der Waals surface area (Å²) in [6.07, 6.45) is 3.74. The maximum absolute atomic E-state index is 12.2. The summed E-state index contributed by atoms with van der Waals surface area (Å²) in [5, 5.41) is 16.5. The highest BCUT2D eigenvalue weighted by Crippen LogP contribution is 2.38. The molecule has 3 heterocycles. The Morgan fingerprint density at radius 1 is 1.37 bits per heavy atom. The predicted molar refractivity (Wildman–Crippen MR) is 97.2 cm³/mol. The van der Waals surface area contributed by atoms with Crippen molar-refractivity contribution in [1.82, 2.24) is 25.3 Å². The van der Waals surface area contributed by atoms with Crippen LogP contribution < -0.4 is 15.4 Å². The third-order valence-corrected chi connectivity index (χ3v) is 4.59. The van der Waals surface area contributed by atoms with Gasteiger partial charge in [-0.15, -0.1) is 0 Å². The van der Waals surface area contributed by atoms with Crippen molar-refractivity contribution in [2.75, 3.05) is 19.5 Å². The van der Waals surface area contributed by atoms with Crippen LogP contribution >= 0.6 is 0 Å². The maximum atomic E-state index is 12.2. The minimum atomic E-state index is -0.330. The molecule has 2 aromatic heterocycles. The van der Waals surface area contributed by atoms with Gasteiger partial charge < -0.3 is 15.4 Å². The Bertz CT molecular complexity index is 1020. The number of aromatic amines is 1. The molecule has 0 saturated carbocycles. The van der Waals surface area contributed by atoms with Crippen LogP contribution in [0.4, 0.5) is 5.82 Å². The van der Waals surface area contributed by atoms with Gasteiger partial charge in [0.2, 0.25) is 5.91 Å². The quantitative estimate of drug-likeness (QED) is 0.646. The van der Waals surface area contributed by atoms with Gasteiger partial charge >= 0.3 is 0 Å². The van der Waals surface area contributed by atoms with E-state index in [2.05, 4.69) is 25.9 Å². The number of hydrogen-bond acceptors (Lipinski definition) is 5. The molecule has 3 aromatic rings. The van der Waals surface area contributed by atoms with Crippen LogP contribution in [0.3, 0.4) is 0 Å². The van der Waals surface area contributed by atoms with Crippen molar-refractivity contribution < 1.29 is 14.3 Å². The fraction of sp³-hybridized carbons (Fsp3) is 0.222. The van der Waals surface area contributed by atoms with Crippen LogP contribution in [0.2, 0.25) is 0 Å². The molecule has 0 aliphatic carbocycles. The highest BCUT2D eigenvalue weighted by Gasteiger charge is 2.34. The number of H-pyrrole nitrogens is 1. The molecule has 2 amide bonds. The third-order valence-electron chi connectivity index (χ3n) is 4.59. The van der Waals surface area contributed by atoms with Crippen LogP contribution in [0.1, 0.15) is 34.0 Å². The normalized spacial score (nSPS) is 15.8. The molecule has 0 saturated heterocycles. The fourth-order valence-electron chi connectivity index (χ4n) is 3.31. The van der Waals surface area contributed by atoms with Gasteiger partial charge in [-0.3, -0.25) is 14.7 Å². The molecule has 1 unspecified atom stereocenters. The number of rotatable bonds is 4. The first-order chi connectivity index (χ1) is 13.1. The smallest absolute Gasteiger partial charge is 0.269 e. The van der Waals surface area contributed by atoms with E-state index in [0.29, 0.717) is 22.8 Å². The van der Waals surface area contributed by atoms with E-state index in [1.807, 2.05) is 30.5 Å². The van der Waals surface area contributed by atoms with Crippen molar-refractivity contribution in [3.63, 3.8) is 0 Å². The number of aromatic nitrogens is 4. The van der Waals surface area contributed by atoms with E-state index in [0.717, 1.165) is 11.3 Å². The van der Waals surface area contributed by atoms with Crippen LogP contribution in [-0.4, -0.2) is 45.9 Å². The van der Waals surface area contributed by atoms with Crippen LogP contribution in [0.15, 0.2) is 36.7 Å². The molecule has 0 bridgehead atoms. The van der Waals surface area contributed by atoms with Gasteiger partial charge in [0.05, 0.1) is 13.3 Å². The molecule has 4 rings (SSSR count). The second kappa shape index (κ2) is 6.60. The predicted octanol–water partition coefficient (Wildman–Crippen LogP) is 1.44. The zero-order valence-electron chi connectivity index (χ0n) is 14.8. The number of carbonyl (C=O) groups is 2. The van der Waals surface area contributed by atoms with Crippen LogP contribution in [0.25, 0.3) is 5.69 Å². The van der Waals surface area contributed by atoms with Crippen LogP contribution in [0, 0.1) is 0 Å². The summed E-state index contributed by atoms with van der Waals surface area (Å²) < 4.78 is 7.08. The maximum Gasteiger partial charge on any atom is 0.269 e. The van der Waals surface area contributed by atoms with E-state index in [1.54, 1.807) is 25.0 Å². The molecular formula is C18H18N6O3. The lowest BCUT2D eigenvalue weighted by molar-refractivity contribution is -0.116. The number of methoxy groups -OCH3 is 1. The van der Waals surface area contributed by atoms with E-state index in [9.17, 15) is 9.59 Å². The van der Waals surface area contributed by atoms with Crippen molar-refractivity contribution in [3.8, 4) is 11.4 Å². The van der Waals surface area contributed by atoms with Gasteiger partial charge in [-0.05, 0) is 17.7 Å². The summed E-state index contributed by atoms with van der Waals surface area (Å²) in [6, 6.07) is 7.52. The van der Waals surface area contributed by atoms with Crippen LogP contribution in [0.5, 0.6) is 5.75 Å². The molecule has 9 heteroatoms. The monoisotopic (exact) mass is 366 g/mol. The van der Waals surface area contributed by atoms with E-state index < -0.39 is 0 Å². The first-order valence-corrected chi connectivity index (χ1v) is 8.40. The molecule has 1 aliphatic rings. The van der Waals surface area contributed by atoms with Gasteiger partial charge in [-0.1, -0.05) is 12.1 Å². The molecule has 0 radical (unpaired) electrons. The standard InChI is InChI=1S/C18H18N6O3/c1-19-18(26)16-15-11(7-14(25)21-17(15)23-22-16)10-8-20-24(9-10)12-5-3-4-6-13(12)27-2/h3-6,8-9,11H,7H2,1-2H3,(H,19,26)(H2,21,22,23,25). The largest absolute Gasteiger partial charge is 0.494 e. The fourth-order valence-corrected chi connectivity index (χ4v) is 3.31. The molecular weight excluding hydrogens is 348 g/mol. The number of amides is 2. The number of anilines is 1. The zero-order chi connectivity index (χ0) is 19.0. The Hall–Kier alpha value is -3.62. The van der Waals surface area contributed by atoms with E-state index in [4.69, 9.17) is 4.74 Å². The van der Waals surface area contributed by atoms with Crippen LogP contribution in [-0.2, 0) is 4.79 Å². The molecule has 0 spiro atoms. The summed E-state index contributed by atoms with van der Waals surface area (Å²) in [5.74, 6) is 0.279. The van der Waals surface area contributed by atoms with Gasteiger partial charge in [-0.2, -0.15) is 10.2 Å². The topological polar surface area (TPSA) is 114 Å². The van der Waals surface area contributed by atoms with Crippen molar-refractivity contribution >= 4 is 17.6 Å². The number of hydrogen-bond donors (Lipinski definition) is 3. The van der Waals surface area contributed by atoms with Crippen molar-refractivity contribution in [2.45, 2.75) is 12.3 Å². The van der Waals surface area contributed by atoms with E-state index >= 15 is 0 Å². The first-order valence-electron chi connectivity index (χ1n) is 8.40. The van der Waals surface area contributed by atoms with Crippen molar-refractivity contribution in [1.29, 1.82) is 0 Å². The number of para-hydroxylation sites is 2. The average Bonchev–Trinajstić information content (AvgIpc) is 3.34. The second-order valence-corrected chi connectivity index (χ2v) is 6.13. The van der Waals surface area contributed by atoms with E-state index in [-0.39, 0.29) is 24.2 Å². The highest BCUT2D eigenvalue weighted by molar-refractivity contribution is 6.00. The summed E-state index contributed by atoms with van der Waals surface area (Å²) >= 11 is 0. The molecule has 9 nitrogen and oxygen atoms in total. The van der Waals surface area contributed by atoms with Gasteiger partial charge in [-0.25, -0.2) is 4.68 Å². The van der Waals surface area contributed by atoms with E-state index in [1.165, 1.54) is 0 Å². The first kappa shape index (κ1) is 16.8. The van der Waals surface area contributed by atoms with Gasteiger partial charge in [0.25, 0.3) is 5.91 Å². The molecule has 3 N–H and O–H groups in total. The number of benzene rings is 1. The van der Waals surface area contributed by atoms with Gasteiger partial charge in [0.15, 0.2) is 5.82 Å². The van der Waals surface area contributed by atoms with Crippen molar-refractivity contribution in [2.24, 2.45) is 0 Å². The molecule has 1 aromatic carbocycles. The Balaban J connectivity index is 1.77. The molecule has 138 valence electrons. The number of nitrogens with one attached hydrogen (secondary N) is 3. The minimum absolute atomic E-state index is 0.160. The number of ether oxygens (including phenoxy) is 1. The Morgan fingerprint density at radius 3 is 2.96 bits per heavy atom. The number of nitrogens with zero attached hydrogens (tertiary/aromatic N) is 3. The summed E-state index contributed by atoms with van der Waals surface area (Å²) in [7, 11) is 3.15. The average molecular weight is 366 g/mol. The lowest BCUT2D eigenvalue weighted by Gasteiger charge is -2.21. The highest BCUT2D eigenvalue weighted by atomic mass is 16.5. The zero-order valence-corrected chi connectivity index (χ0v) is 14.8. The SMILES string of the molecule is CNC(=O)c1[nH]nc2c1C(c1cnn(-c3ccccc3OC)c1)CC(=O)N2. The summed E-state index contributed by atoms with van der Waals surface area (Å²) in [6.45, 7) is 0. The lowest BCUT2D eigenvalue weighted by Crippen LogP contribution is -2.26. The van der Waals surface area contributed by atoms with Gasteiger partial charge in [0, 0.05) is 31.1 Å². The molecule has 0 fully saturated rings. The minimum Gasteiger partial charge on any atom is -0.494 e. The van der Waals surface area contributed by atoms with Crippen molar-refractivity contribution in [3.05, 3.63) is 53.5 Å². The number of carbonyl (C=O) groups excluding carboxylic acids is 2. The molecule has 1 aliphatic heterocycles. The Morgan fingerprint density at radius 2 is 2.19 bits per heavy atom. The lowest BCUT2D eigenvalue weighted by atomic mass is 9.87.